The lowest BCUT2D eigenvalue weighted by Crippen LogP contribution is -2.43. The predicted molar refractivity (Wildman–Crippen MR) is 77.1 cm³/mol. The number of carboxylic acids is 1. The van der Waals surface area contributed by atoms with E-state index in [1.54, 1.807) is 0 Å². The zero-order valence-electron chi connectivity index (χ0n) is 11.9. The number of aliphatic carboxylic acids is 1. The van der Waals surface area contributed by atoms with Gasteiger partial charge >= 0.3 is 5.97 Å². The molecule has 0 saturated carbocycles. The van der Waals surface area contributed by atoms with Gasteiger partial charge in [0.2, 0.25) is 0 Å². The van der Waals surface area contributed by atoms with Crippen LogP contribution in [0.2, 0.25) is 0 Å². The molecule has 21 heavy (non-hydrogen) atoms. The van der Waals surface area contributed by atoms with Crippen molar-refractivity contribution in [3.05, 3.63) is 29.8 Å². The van der Waals surface area contributed by atoms with Crippen molar-refractivity contribution >= 4 is 15.8 Å². The molecule has 7 heteroatoms. The van der Waals surface area contributed by atoms with Gasteiger partial charge in [0.05, 0.1) is 29.8 Å². The Morgan fingerprint density at radius 2 is 2.05 bits per heavy atom. The summed E-state index contributed by atoms with van der Waals surface area (Å²) >= 11 is 0. The molecular weight excluding hydrogens is 294 g/mol. The third kappa shape index (κ3) is 4.52. The number of hydrogen-bond donors (Lipinski definition) is 1. The Bertz CT molecular complexity index is 596. The molecule has 0 aromatic heterocycles. The highest BCUT2D eigenvalue weighted by Crippen LogP contribution is 2.16. The minimum absolute atomic E-state index is 0.0599. The smallest absolute Gasteiger partial charge is 0.307 e. The molecule has 2 rings (SSSR count). The number of hydrogen-bond acceptors (Lipinski definition) is 5. The van der Waals surface area contributed by atoms with E-state index in [1.165, 1.54) is 24.3 Å². The van der Waals surface area contributed by atoms with Crippen molar-refractivity contribution in [2.45, 2.75) is 17.4 Å². The first-order valence-electron chi connectivity index (χ1n) is 6.70. The van der Waals surface area contributed by atoms with Gasteiger partial charge in [0.1, 0.15) is 0 Å². The molecule has 1 heterocycles. The summed E-state index contributed by atoms with van der Waals surface area (Å²) in [5, 5.41) is 8.70. The fourth-order valence-electron chi connectivity index (χ4n) is 2.30. The molecule has 0 aliphatic carbocycles. The summed E-state index contributed by atoms with van der Waals surface area (Å²) in [4.78, 5) is 12.8. The Morgan fingerprint density at radius 3 is 2.62 bits per heavy atom. The van der Waals surface area contributed by atoms with Crippen LogP contribution in [0.5, 0.6) is 0 Å². The highest BCUT2D eigenvalue weighted by atomic mass is 32.2. The van der Waals surface area contributed by atoms with Crippen LogP contribution < -0.4 is 0 Å². The van der Waals surface area contributed by atoms with E-state index in [2.05, 4.69) is 0 Å². The van der Waals surface area contributed by atoms with Crippen LogP contribution in [0.4, 0.5) is 0 Å². The Kier molecular flexibility index (Phi) is 4.97. The number of carboxylic acid groups (broad SMARTS) is 1. The Morgan fingerprint density at radius 1 is 1.38 bits per heavy atom. The first-order chi connectivity index (χ1) is 9.87. The number of morpholine rings is 1. The summed E-state index contributed by atoms with van der Waals surface area (Å²) in [6.07, 6.45) is -0.441. The second kappa shape index (κ2) is 6.55. The van der Waals surface area contributed by atoms with Crippen LogP contribution in [0.15, 0.2) is 29.2 Å². The largest absolute Gasteiger partial charge is 0.481 e. The second-order valence-electron chi connectivity index (χ2n) is 5.25. The fourth-order valence-corrected chi connectivity index (χ4v) is 3.73. The zero-order valence-corrected chi connectivity index (χ0v) is 12.7. The SMILES string of the molecule is CN1CCOC(CS(=O)(=O)c2ccc(CC(=O)O)cc2)C1. The van der Waals surface area contributed by atoms with Gasteiger partial charge in [0.15, 0.2) is 9.84 Å². The number of carbonyl (C=O) groups is 1. The van der Waals surface area contributed by atoms with Crippen LogP contribution in [0.3, 0.4) is 0 Å². The quantitative estimate of drug-likeness (QED) is 0.848. The molecule has 1 aromatic rings. The lowest BCUT2D eigenvalue weighted by atomic mass is 10.2. The van der Waals surface area contributed by atoms with Gasteiger partial charge in [0.25, 0.3) is 0 Å². The summed E-state index contributed by atoms with van der Waals surface area (Å²) in [5.41, 5.74) is 0.579. The van der Waals surface area contributed by atoms with Gasteiger partial charge in [-0.05, 0) is 24.7 Å². The molecule has 0 amide bonds. The number of nitrogens with zero attached hydrogens (tertiary/aromatic N) is 1. The maximum absolute atomic E-state index is 12.3. The van der Waals surface area contributed by atoms with Gasteiger partial charge < -0.3 is 14.7 Å². The van der Waals surface area contributed by atoms with Gasteiger partial charge in [-0.2, -0.15) is 0 Å². The third-order valence-electron chi connectivity index (χ3n) is 3.38. The van der Waals surface area contributed by atoms with Crippen LogP contribution >= 0.6 is 0 Å². The van der Waals surface area contributed by atoms with Gasteiger partial charge in [-0.3, -0.25) is 4.79 Å². The number of benzene rings is 1. The van der Waals surface area contributed by atoms with E-state index >= 15 is 0 Å². The summed E-state index contributed by atoms with van der Waals surface area (Å²) in [6.45, 7) is 1.94. The van der Waals surface area contributed by atoms with Crippen molar-refractivity contribution in [1.29, 1.82) is 0 Å². The molecule has 1 aromatic carbocycles. The van der Waals surface area contributed by atoms with Crippen LogP contribution in [-0.2, 0) is 25.8 Å². The van der Waals surface area contributed by atoms with Crippen molar-refractivity contribution < 1.29 is 23.1 Å². The average molecular weight is 313 g/mol. The first-order valence-corrected chi connectivity index (χ1v) is 8.36. The highest BCUT2D eigenvalue weighted by Gasteiger charge is 2.25. The Balaban J connectivity index is 2.06. The van der Waals surface area contributed by atoms with Crippen LogP contribution in [-0.4, -0.2) is 63.0 Å². The van der Waals surface area contributed by atoms with Crippen molar-refractivity contribution in [3.63, 3.8) is 0 Å². The molecule has 1 N–H and O–H groups in total. The maximum Gasteiger partial charge on any atom is 0.307 e. The standard InChI is InChI=1S/C14H19NO5S/c1-15-6-7-20-12(9-15)10-21(18,19)13-4-2-11(3-5-13)8-14(16)17/h2-5,12H,6-10H2,1H3,(H,16,17). The fraction of sp³-hybridized carbons (Fsp3) is 0.500. The van der Waals surface area contributed by atoms with Crippen LogP contribution in [0, 0.1) is 0 Å². The summed E-state index contributed by atoms with van der Waals surface area (Å²) in [7, 11) is -1.49. The first kappa shape index (κ1) is 15.9. The van der Waals surface area contributed by atoms with Crippen molar-refractivity contribution in [2.24, 2.45) is 0 Å². The van der Waals surface area contributed by atoms with Crippen molar-refractivity contribution in [1.82, 2.24) is 4.90 Å². The molecule has 1 saturated heterocycles. The maximum atomic E-state index is 12.3. The number of sulfone groups is 1. The molecule has 0 spiro atoms. The van der Waals surface area contributed by atoms with E-state index in [9.17, 15) is 13.2 Å². The molecule has 1 aliphatic heterocycles. The summed E-state index contributed by atoms with van der Waals surface area (Å²) in [5.74, 6) is -1.00. The Labute approximate surface area is 124 Å². The normalized spacial score (nSPS) is 20.3. The highest BCUT2D eigenvalue weighted by molar-refractivity contribution is 7.91. The van der Waals surface area contributed by atoms with E-state index in [-0.39, 0.29) is 23.2 Å². The molecule has 1 fully saturated rings. The topological polar surface area (TPSA) is 83.9 Å². The Hall–Kier alpha value is -1.44. The minimum atomic E-state index is -3.43. The number of likely N-dealkylation sites (N-methyl/N-ethyl adjacent to an activating group) is 1. The van der Waals surface area contributed by atoms with Gasteiger partial charge in [-0.25, -0.2) is 8.42 Å². The van der Waals surface area contributed by atoms with Crippen LogP contribution in [0.25, 0.3) is 0 Å². The van der Waals surface area contributed by atoms with E-state index in [0.29, 0.717) is 18.7 Å². The predicted octanol–water partition coefficient (Wildman–Crippen LogP) is 0.418. The summed E-state index contributed by atoms with van der Waals surface area (Å²) < 4.78 is 30.1. The molecule has 0 bridgehead atoms. The van der Waals surface area contributed by atoms with E-state index in [1.807, 2.05) is 11.9 Å². The van der Waals surface area contributed by atoms with E-state index < -0.39 is 15.8 Å². The molecule has 1 unspecified atom stereocenters. The number of ether oxygens (including phenoxy) is 1. The lowest BCUT2D eigenvalue weighted by molar-refractivity contribution is -0.136. The second-order valence-corrected chi connectivity index (χ2v) is 7.29. The molecule has 1 aliphatic rings. The minimum Gasteiger partial charge on any atom is -0.481 e. The zero-order chi connectivity index (χ0) is 15.5. The molecule has 116 valence electrons. The van der Waals surface area contributed by atoms with Gasteiger partial charge in [-0.1, -0.05) is 12.1 Å². The monoisotopic (exact) mass is 313 g/mol. The molecule has 1 atom stereocenters. The molecule has 6 nitrogen and oxygen atoms in total. The molecular formula is C14H19NO5S. The average Bonchev–Trinajstić information content (AvgIpc) is 2.38. The molecule has 0 radical (unpaired) electrons. The van der Waals surface area contributed by atoms with E-state index in [0.717, 1.165) is 6.54 Å². The van der Waals surface area contributed by atoms with Gasteiger partial charge in [-0.15, -0.1) is 0 Å². The third-order valence-corrected chi connectivity index (χ3v) is 5.19. The van der Waals surface area contributed by atoms with Gasteiger partial charge in [0, 0.05) is 13.1 Å². The van der Waals surface area contributed by atoms with Crippen molar-refractivity contribution in [2.75, 3.05) is 32.5 Å². The lowest BCUT2D eigenvalue weighted by Gasteiger charge is -2.29. The van der Waals surface area contributed by atoms with Crippen LogP contribution in [0.1, 0.15) is 5.56 Å². The van der Waals surface area contributed by atoms with Crippen molar-refractivity contribution in [3.8, 4) is 0 Å². The number of rotatable bonds is 5. The van der Waals surface area contributed by atoms with E-state index in [4.69, 9.17) is 9.84 Å². The summed E-state index contributed by atoms with van der Waals surface area (Å²) in [6, 6.07) is 5.99.